The number of rotatable bonds is 6. The van der Waals surface area contributed by atoms with E-state index in [0.29, 0.717) is 12.0 Å². The van der Waals surface area contributed by atoms with E-state index in [2.05, 4.69) is 22.6 Å². The number of carbonyl (C=O) groups excluding carboxylic acids is 3. The summed E-state index contributed by atoms with van der Waals surface area (Å²) in [5, 5.41) is 0. The van der Waals surface area contributed by atoms with Crippen molar-refractivity contribution in [3.8, 4) is 0 Å². The van der Waals surface area contributed by atoms with Crippen LogP contribution in [0.2, 0.25) is 0 Å². The summed E-state index contributed by atoms with van der Waals surface area (Å²) in [7, 11) is 0. The number of alkyl halides is 1. The van der Waals surface area contributed by atoms with E-state index in [1.807, 2.05) is 11.9 Å². The van der Waals surface area contributed by atoms with Crippen LogP contribution in [0.3, 0.4) is 0 Å². The van der Waals surface area contributed by atoms with Crippen molar-refractivity contribution in [1.82, 2.24) is 0 Å². The van der Waals surface area contributed by atoms with Crippen molar-refractivity contribution in [3.63, 3.8) is 0 Å². The van der Waals surface area contributed by atoms with E-state index >= 15 is 0 Å². The van der Waals surface area contributed by atoms with Gasteiger partial charge in [-0.2, -0.15) is 0 Å². The highest BCUT2D eigenvalue weighted by Crippen LogP contribution is 2.26. The molecule has 0 saturated carbocycles. The van der Waals surface area contributed by atoms with Gasteiger partial charge in [-0.1, -0.05) is 35.6 Å². The zero-order valence-electron chi connectivity index (χ0n) is 12.5. The summed E-state index contributed by atoms with van der Waals surface area (Å²) in [6.45, 7) is 7.73. The molecule has 0 aromatic carbocycles. The van der Waals surface area contributed by atoms with E-state index in [-0.39, 0.29) is 18.2 Å². The summed E-state index contributed by atoms with van der Waals surface area (Å²) in [4.78, 5) is 35.6. The molecular weight excluding hydrogens is 359 g/mol. The van der Waals surface area contributed by atoms with Crippen LogP contribution in [0, 0.1) is 5.41 Å². The standard InChI is InChI=1S/C13H20O4.CH3I/c1-6-13(5,10(3)15)7-12(9(2)14)8-17-11(4)16;1-2/h7H,6,8H2,1-5H3;1H3/b12-7+;. The first kappa shape index (κ1) is 20.6. The predicted molar refractivity (Wildman–Crippen MR) is 84.4 cm³/mol. The van der Waals surface area contributed by atoms with E-state index in [9.17, 15) is 14.4 Å². The maximum Gasteiger partial charge on any atom is 0.302 e. The molecule has 4 nitrogen and oxygen atoms in total. The number of ketones is 2. The molecule has 0 radical (unpaired) electrons. The van der Waals surface area contributed by atoms with Gasteiger partial charge in [0.15, 0.2) is 5.78 Å². The molecule has 0 amide bonds. The van der Waals surface area contributed by atoms with Crippen LogP contribution < -0.4 is 0 Å². The van der Waals surface area contributed by atoms with Gasteiger partial charge in [0.1, 0.15) is 12.4 Å². The predicted octanol–water partition coefficient (Wildman–Crippen LogP) is 3.12. The lowest BCUT2D eigenvalue weighted by atomic mass is 9.81. The van der Waals surface area contributed by atoms with Crippen molar-refractivity contribution in [2.75, 3.05) is 11.5 Å². The molecule has 0 aromatic heterocycles. The van der Waals surface area contributed by atoms with Crippen LogP contribution in [-0.4, -0.2) is 29.1 Å². The van der Waals surface area contributed by atoms with Gasteiger partial charge in [-0.3, -0.25) is 14.4 Å². The third kappa shape index (κ3) is 8.13. The van der Waals surface area contributed by atoms with Gasteiger partial charge in [0.05, 0.1) is 0 Å². The summed E-state index contributed by atoms with van der Waals surface area (Å²) in [5.74, 6) is -0.646. The van der Waals surface area contributed by atoms with Gasteiger partial charge < -0.3 is 4.74 Å². The topological polar surface area (TPSA) is 60.4 Å². The number of halogens is 1. The molecule has 0 heterocycles. The molecule has 19 heavy (non-hydrogen) atoms. The van der Waals surface area contributed by atoms with Gasteiger partial charge >= 0.3 is 5.97 Å². The Morgan fingerprint density at radius 2 is 1.63 bits per heavy atom. The maximum absolute atomic E-state index is 11.5. The largest absolute Gasteiger partial charge is 0.461 e. The molecule has 0 bridgehead atoms. The van der Waals surface area contributed by atoms with E-state index in [1.165, 1.54) is 20.8 Å². The number of ether oxygens (including phenoxy) is 1. The Labute approximate surface area is 129 Å². The fraction of sp³-hybridized carbons (Fsp3) is 0.643. The number of carbonyl (C=O) groups is 3. The zero-order chi connectivity index (χ0) is 15.6. The molecule has 5 heteroatoms. The molecule has 0 fully saturated rings. The Kier molecular flexibility index (Phi) is 11.0. The number of Topliss-reactive ketones (excluding diaryl/α,β-unsaturated/α-hetero) is 2. The van der Waals surface area contributed by atoms with E-state index in [0.717, 1.165) is 0 Å². The number of esters is 1. The first-order valence-electron chi connectivity index (χ1n) is 5.97. The minimum Gasteiger partial charge on any atom is -0.461 e. The van der Waals surface area contributed by atoms with E-state index in [1.54, 1.807) is 13.0 Å². The highest BCUT2D eigenvalue weighted by molar-refractivity contribution is 14.1. The van der Waals surface area contributed by atoms with Crippen LogP contribution in [-0.2, 0) is 19.1 Å². The third-order valence-electron chi connectivity index (χ3n) is 2.91. The molecule has 0 aromatic rings. The number of hydrogen-bond acceptors (Lipinski definition) is 4. The Morgan fingerprint density at radius 3 is 1.89 bits per heavy atom. The van der Waals surface area contributed by atoms with E-state index < -0.39 is 11.4 Å². The first-order chi connectivity index (χ1) is 8.73. The van der Waals surface area contributed by atoms with Gasteiger partial charge in [-0.15, -0.1) is 0 Å². The minimum absolute atomic E-state index is 0.0124. The second-order valence-corrected chi connectivity index (χ2v) is 4.33. The average Bonchev–Trinajstić information content (AvgIpc) is 2.35. The van der Waals surface area contributed by atoms with E-state index in [4.69, 9.17) is 4.74 Å². The minimum atomic E-state index is -0.679. The fourth-order valence-electron chi connectivity index (χ4n) is 1.26. The molecule has 0 saturated heterocycles. The van der Waals surface area contributed by atoms with Crippen molar-refractivity contribution in [2.24, 2.45) is 5.41 Å². The molecule has 0 rings (SSSR count). The molecule has 0 aliphatic heterocycles. The fourth-order valence-corrected chi connectivity index (χ4v) is 1.26. The van der Waals surface area contributed by atoms with Gasteiger partial charge in [-0.05, 0) is 32.1 Å². The quantitative estimate of drug-likeness (QED) is 0.307. The van der Waals surface area contributed by atoms with Crippen molar-refractivity contribution < 1.29 is 19.1 Å². The van der Waals surface area contributed by atoms with Gasteiger partial charge in [-0.25, -0.2) is 0 Å². The molecule has 0 spiro atoms. The van der Waals surface area contributed by atoms with Gasteiger partial charge in [0.2, 0.25) is 0 Å². The summed E-state index contributed by atoms with van der Waals surface area (Å²) in [6.07, 6.45) is 2.21. The van der Waals surface area contributed by atoms with Crippen LogP contribution in [0.15, 0.2) is 11.6 Å². The first-order valence-corrected chi connectivity index (χ1v) is 8.13. The molecule has 1 unspecified atom stereocenters. The average molecular weight is 382 g/mol. The monoisotopic (exact) mass is 382 g/mol. The second kappa shape index (κ2) is 10.1. The Balaban J connectivity index is 0. The lowest BCUT2D eigenvalue weighted by Gasteiger charge is -2.22. The summed E-state index contributed by atoms with van der Waals surface area (Å²) in [6, 6.07) is 0. The summed E-state index contributed by atoms with van der Waals surface area (Å²) >= 11 is 2.15. The SMILES string of the molecule is CCC(C)(/C=C(\COC(C)=O)C(C)=O)C(C)=O.CI. The lowest BCUT2D eigenvalue weighted by Crippen LogP contribution is -2.24. The number of hydrogen-bond donors (Lipinski definition) is 0. The molecule has 0 N–H and O–H groups in total. The van der Waals surface area contributed by atoms with Crippen LogP contribution in [0.1, 0.15) is 41.0 Å². The van der Waals surface area contributed by atoms with Crippen LogP contribution in [0.5, 0.6) is 0 Å². The highest BCUT2D eigenvalue weighted by Gasteiger charge is 2.26. The Morgan fingerprint density at radius 1 is 1.16 bits per heavy atom. The zero-order valence-corrected chi connectivity index (χ0v) is 14.7. The van der Waals surface area contributed by atoms with Crippen LogP contribution in [0.4, 0.5) is 0 Å². The van der Waals surface area contributed by atoms with Crippen LogP contribution in [0.25, 0.3) is 0 Å². The van der Waals surface area contributed by atoms with Crippen molar-refractivity contribution in [3.05, 3.63) is 11.6 Å². The second-order valence-electron chi connectivity index (χ2n) is 4.33. The summed E-state index contributed by atoms with van der Waals surface area (Å²) < 4.78 is 4.80. The molecule has 0 aliphatic rings. The molecular formula is C14H23IO4. The van der Waals surface area contributed by atoms with Crippen LogP contribution >= 0.6 is 22.6 Å². The molecule has 110 valence electrons. The van der Waals surface area contributed by atoms with Crippen molar-refractivity contribution in [2.45, 2.75) is 41.0 Å². The van der Waals surface area contributed by atoms with Crippen molar-refractivity contribution >= 4 is 40.1 Å². The van der Waals surface area contributed by atoms with Crippen molar-refractivity contribution in [1.29, 1.82) is 0 Å². The molecule has 1 atom stereocenters. The normalized spacial score (nSPS) is 13.7. The third-order valence-corrected chi connectivity index (χ3v) is 2.91. The summed E-state index contributed by atoms with van der Waals surface area (Å²) in [5.41, 5.74) is -0.319. The molecule has 0 aliphatic carbocycles. The van der Waals surface area contributed by atoms with Gasteiger partial charge in [0.25, 0.3) is 0 Å². The maximum atomic E-state index is 11.5. The Hall–Kier alpha value is -0.720. The number of allylic oxidation sites excluding steroid dienone is 1. The smallest absolute Gasteiger partial charge is 0.302 e. The lowest BCUT2D eigenvalue weighted by molar-refractivity contribution is -0.140. The highest BCUT2D eigenvalue weighted by atomic mass is 127. The Bertz CT molecular complexity index is 360. The van der Waals surface area contributed by atoms with Gasteiger partial charge in [0, 0.05) is 17.9 Å².